The predicted octanol–water partition coefficient (Wildman–Crippen LogP) is 3.93. The van der Waals surface area contributed by atoms with Crippen molar-refractivity contribution in [3.8, 4) is 11.1 Å². The van der Waals surface area contributed by atoms with E-state index in [2.05, 4.69) is 57.3 Å². The summed E-state index contributed by atoms with van der Waals surface area (Å²) in [6.07, 6.45) is 9.35. The quantitative estimate of drug-likeness (QED) is 0.537. The molecule has 7 heteroatoms. The van der Waals surface area contributed by atoms with Gasteiger partial charge in [0.2, 0.25) is 5.91 Å². The molecule has 0 bridgehead atoms. The van der Waals surface area contributed by atoms with Crippen LogP contribution in [0.3, 0.4) is 0 Å². The number of nitrogens with zero attached hydrogens (tertiary/aromatic N) is 5. The summed E-state index contributed by atoms with van der Waals surface area (Å²) in [5, 5.41) is 5.33. The minimum atomic E-state index is 0.179. The van der Waals surface area contributed by atoms with Crippen molar-refractivity contribution >= 4 is 16.8 Å². The molecule has 1 aromatic carbocycles. The number of carbonyl (C=O) groups excluding carboxylic acids is 1. The average Bonchev–Trinajstić information content (AvgIpc) is 3.47. The van der Waals surface area contributed by atoms with Crippen LogP contribution in [0, 0.1) is 6.92 Å². The molecule has 31 heavy (non-hydrogen) atoms. The van der Waals surface area contributed by atoms with Crippen LogP contribution in [0.5, 0.6) is 0 Å². The van der Waals surface area contributed by atoms with Gasteiger partial charge in [0.15, 0.2) is 0 Å². The second kappa shape index (κ2) is 8.34. The third-order valence-corrected chi connectivity index (χ3v) is 6.24. The molecule has 1 aliphatic rings. The summed E-state index contributed by atoms with van der Waals surface area (Å²) in [7, 11) is 0. The van der Waals surface area contributed by atoms with Gasteiger partial charge in [0.25, 0.3) is 0 Å². The van der Waals surface area contributed by atoms with Crippen molar-refractivity contribution < 1.29 is 4.79 Å². The summed E-state index contributed by atoms with van der Waals surface area (Å²) in [6.45, 7) is 4.25. The van der Waals surface area contributed by atoms with E-state index in [1.54, 1.807) is 11.0 Å². The number of rotatable bonds is 5. The first-order valence-corrected chi connectivity index (χ1v) is 10.8. The van der Waals surface area contributed by atoms with E-state index in [-0.39, 0.29) is 11.8 Å². The number of nitrogens with one attached hydrogen (secondary N) is 1. The van der Waals surface area contributed by atoms with E-state index >= 15 is 0 Å². The number of aromatic nitrogens is 5. The standard InChI is InChI=1S/C24H26N6O/c1-17-4-2-6-20-22(18-7-10-25-11-8-18)24(28-23(17)20)19-5-3-12-29(14-19)21(31)9-13-30-16-26-15-27-30/h2,4,6-8,10-11,15-16,19,28H,3,5,9,12-14H2,1H3. The lowest BCUT2D eigenvalue weighted by molar-refractivity contribution is -0.132. The summed E-state index contributed by atoms with van der Waals surface area (Å²) in [5.74, 6) is 0.456. The molecular formula is C24H26N6O. The van der Waals surface area contributed by atoms with Crippen LogP contribution < -0.4 is 0 Å². The topological polar surface area (TPSA) is 79.7 Å². The van der Waals surface area contributed by atoms with Crippen molar-refractivity contribution in [1.29, 1.82) is 0 Å². The summed E-state index contributed by atoms with van der Waals surface area (Å²) in [6, 6.07) is 10.6. The van der Waals surface area contributed by atoms with Crippen LogP contribution in [-0.2, 0) is 11.3 Å². The van der Waals surface area contributed by atoms with E-state index < -0.39 is 0 Å². The van der Waals surface area contributed by atoms with E-state index in [0.29, 0.717) is 13.0 Å². The van der Waals surface area contributed by atoms with E-state index in [1.165, 1.54) is 34.1 Å². The van der Waals surface area contributed by atoms with Crippen molar-refractivity contribution in [2.75, 3.05) is 13.1 Å². The molecule has 0 aliphatic carbocycles. The third-order valence-electron chi connectivity index (χ3n) is 6.24. The maximum absolute atomic E-state index is 12.9. The fourth-order valence-electron chi connectivity index (χ4n) is 4.68. The number of amides is 1. The molecule has 0 saturated carbocycles. The molecular weight excluding hydrogens is 388 g/mol. The SMILES string of the molecule is Cc1cccc2c(-c3ccncc3)c(C3CCCN(C(=O)CCn4cncn4)C3)[nH]c12. The van der Waals surface area contributed by atoms with Gasteiger partial charge in [-0.3, -0.25) is 14.5 Å². The first-order chi connectivity index (χ1) is 15.2. The van der Waals surface area contributed by atoms with Crippen LogP contribution in [0.4, 0.5) is 0 Å². The molecule has 1 saturated heterocycles. The number of aromatic amines is 1. The fourth-order valence-corrected chi connectivity index (χ4v) is 4.68. The second-order valence-electron chi connectivity index (χ2n) is 8.23. The fraction of sp³-hybridized carbons (Fsp3) is 0.333. The molecule has 1 amide bonds. The number of benzene rings is 1. The second-order valence-corrected chi connectivity index (χ2v) is 8.23. The third kappa shape index (κ3) is 3.83. The van der Waals surface area contributed by atoms with Crippen molar-refractivity contribution in [1.82, 2.24) is 29.6 Å². The van der Waals surface area contributed by atoms with Crippen LogP contribution in [0.15, 0.2) is 55.4 Å². The molecule has 4 heterocycles. The molecule has 0 spiro atoms. The van der Waals surface area contributed by atoms with Gasteiger partial charge in [-0.25, -0.2) is 4.98 Å². The molecule has 1 N–H and O–H groups in total. The molecule has 0 radical (unpaired) electrons. The van der Waals surface area contributed by atoms with Gasteiger partial charge in [0.1, 0.15) is 12.7 Å². The molecule has 1 fully saturated rings. The van der Waals surface area contributed by atoms with Crippen molar-refractivity contribution in [2.45, 2.75) is 38.6 Å². The Bertz CT molecular complexity index is 1180. The van der Waals surface area contributed by atoms with Gasteiger partial charge in [-0.05, 0) is 43.0 Å². The Balaban J connectivity index is 1.44. The van der Waals surface area contributed by atoms with Crippen LogP contribution in [-0.4, -0.2) is 48.6 Å². The van der Waals surface area contributed by atoms with Crippen LogP contribution in [0.1, 0.15) is 36.4 Å². The molecule has 1 atom stereocenters. The lowest BCUT2D eigenvalue weighted by Crippen LogP contribution is -2.39. The maximum atomic E-state index is 12.9. The minimum Gasteiger partial charge on any atom is -0.357 e. The minimum absolute atomic E-state index is 0.179. The Kier molecular flexibility index (Phi) is 5.24. The molecule has 4 aromatic rings. The summed E-state index contributed by atoms with van der Waals surface area (Å²) < 4.78 is 1.71. The van der Waals surface area contributed by atoms with Crippen molar-refractivity contribution in [3.05, 3.63) is 66.6 Å². The maximum Gasteiger partial charge on any atom is 0.224 e. The van der Waals surface area contributed by atoms with Gasteiger partial charge in [-0.1, -0.05) is 18.2 Å². The van der Waals surface area contributed by atoms with Crippen LogP contribution in [0.25, 0.3) is 22.0 Å². The summed E-state index contributed by atoms with van der Waals surface area (Å²) in [4.78, 5) is 26.8. The van der Waals surface area contributed by atoms with E-state index in [4.69, 9.17) is 0 Å². The van der Waals surface area contributed by atoms with E-state index in [9.17, 15) is 4.79 Å². The number of H-pyrrole nitrogens is 1. The highest BCUT2D eigenvalue weighted by molar-refractivity contribution is 5.99. The van der Waals surface area contributed by atoms with E-state index in [1.807, 2.05) is 17.3 Å². The first-order valence-electron chi connectivity index (χ1n) is 10.8. The molecule has 1 unspecified atom stereocenters. The number of aryl methyl sites for hydroxylation is 2. The monoisotopic (exact) mass is 414 g/mol. The Morgan fingerprint density at radius 3 is 2.87 bits per heavy atom. The smallest absolute Gasteiger partial charge is 0.224 e. The predicted molar refractivity (Wildman–Crippen MR) is 119 cm³/mol. The number of para-hydroxylation sites is 1. The summed E-state index contributed by atoms with van der Waals surface area (Å²) >= 11 is 0. The number of pyridine rings is 1. The molecule has 5 rings (SSSR count). The van der Waals surface area contributed by atoms with Gasteiger partial charge >= 0.3 is 0 Å². The Labute approximate surface area is 181 Å². The average molecular weight is 415 g/mol. The lowest BCUT2D eigenvalue weighted by atomic mass is 9.89. The normalized spacial score (nSPS) is 16.7. The van der Waals surface area contributed by atoms with Gasteiger partial charge < -0.3 is 9.88 Å². The zero-order chi connectivity index (χ0) is 21.2. The molecule has 3 aromatic heterocycles. The van der Waals surface area contributed by atoms with Gasteiger partial charge in [0.05, 0.1) is 6.54 Å². The zero-order valence-corrected chi connectivity index (χ0v) is 17.7. The Morgan fingerprint density at radius 2 is 2.06 bits per heavy atom. The number of hydrogen-bond acceptors (Lipinski definition) is 4. The van der Waals surface area contributed by atoms with Crippen LogP contribution in [0.2, 0.25) is 0 Å². The zero-order valence-electron chi connectivity index (χ0n) is 17.7. The highest BCUT2D eigenvalue weighted by atomic mass is 16.2. The van der Waals surface area contributed by atoms with Gasteiger partial charge in [-0.15, -0.1) is 0 Å². The number of likely N-dealkylation sites (tertiary alicyclic amines) is 1. The molecule has 1 aliphatic heterocycles. The highest BCUT2D eigenvalue weighted by Crippen LogP contribution is 2.40. The molecule has 158 valence electrons. The summed E-state index contributed by atoms with van der Waals surface area (Å²) in [5.41, 5.74) is 6.04. The largest absolute Gasteiger partial charge is 0.357 e. The Morgan fingerprint density at radius 1 is 1.19 bits per heavy atom. The number of carbonyl (C=O) groups is 1. The first kappa shape index (κ1) is 19.5. The highest BCUT2D eigenvalue weighted by Gasteiger charge is 2.28. The van der Waals surface area contributed by atoms with Crippen molar-refractivity contribution in [3.63, 3.8) is 0 Å². The van der Waals surface area contributed by atoms with Crippen LogP contribution >= 0.6 is 0 Å². The molecule has 7 nitrogen and oxygen atoms in total. The number of piperidine rings is 1. The van der Waals surface area contributed by atoms with Crippen molar-refractivity contribution in [2.24, 2.45) is 0 Å². The van der Waals surface area contributed by atoms with Gasteiger partial charge in [0, 0.05) is 60.0 Å². The van der Waals surface area contributed by atoms with Gasteiger partial charge in [-0.2, -0.15) is 5.10 Å². The number of fused-ring (bicyclic) bond motifs is 1. The lowest BCUT2D eigenvalue weighted by Gasteiger charge is -2.33. The number of hydrogen-bond donors (Lipinski definition) is 1. The Hall–Kier alpha value is -3.48. The van der Waals surface area contributed by atoms with E-state index in [0.717, 1.165) is 31.5 Å².